The number of aliphatic hydroxyl groups is 1. The van der Waals surface area contributed by atoms with Gasteiger partial charge >= 0.3 is 0 Å². The maximum absolute atomic E-state index is 10.6. The summed E-state index contributed by atoms with van der Waals surface area (Å²) < 4.78 is 0. The average molecular weight is 424 g/mol. The minimum absolute atomic E-state index is 0.00557. The van der Waals surface area contributed by atoms with Crippen molar-refractivity contribution in [3.05, 3.63) is 53.0 Å². The SMILES string of the molecule is N=C1C(c2nc3ccc(N4CCCCC4)cc3[nH]2)=C(O)CN1c1cc(Cl)ccc1O. The Bertz CT molecular complexity index is 1180. The van der Waals surface area contributed by atoms with E-state index in [9.17, 15) is 10.2 Å². The van der Waals surface area contributed by atoms with E-state index in [0.29, 0.717) is 22.1 Å². The van der Waals surface area contributed by atoms with E-state index in [2.05, 4.69) is 27.0 Å². The Morgan fingerprint density at radius 1 is 1.03 bits per heavy atom. The molecule has 4 N–H and O–H groups in total. The topological polar surface area (TPSA) is 99.5 Å². The number of hydrogen-bond acceptors (Lipinski definition) is 5. The van der Waals surface area contributed by atoms with Crippen molar-refractivity contribution in [3.8, 4) is 5.75 Å². The lowest BCUT2D eigenvalue weighted by Crippen LogP contribution is -2.29. The Balaban J connectivity index is 1.48. The van der Waals surface area contributed by atoms with E-state index >= 15 is 0 Å². The van der Waals surface area contributed by atoms with Crippen molar-refractivity contribution in [2.45, 2.75) is 19.3 Å². The van der Waals surface area contributed by atoms with Crippen LogP contribution in [0.15, 0.2) is 42.2 Å². The highest BCUT2D eigenvalue weighted by Gasteiger charge is 2.32. The first-order chi connectivity index (χ1) is 14.5. The van der Waals surface area contributed by atoms with Crippen molar-refractivity contribution in [1.29, 1.82) is 5.41 Å². The van der Waals surface area contributed by atoms with E-state index in [1.807, 2.05) is 6.07 Å². The number of piperidine rings is 1. The molecular weight excluding hydrogens is 402 g/mol. The normalized spacial score (nSPS) is 17.4. The number of H-pyrrole nitrogens is 1. The summed E-state index contributed by atoms with van der Waals surface area (Å²) in [6.07, 6.45) is 3.69. The molecule has 5 rings (SSSR count). The lowest BCUT2D eigenvalue weighted by Gasteiger charge is -2.28. The van der Waals surface area contributed by atoms with Crippen LogP contribution in [0.25, 0.3) is 16.6 Å². The summed E-state index contributed by atoms with van der Waals surface area (Å²) in [6, 6.07) is 10.7. The van der Waals surface area contributed by atoms with Gasteiger partial charge in [0, 0.05) is 23.8 Å². The number of imidazole rings is 1. The van der Waals surface area contributed by atoms with Crippen LogP contribution in [-0.4, -0.2) is 45.7 Å². The lowest BCUT2D eigenvalue weighted by molar-refractivity contribution is 0.410. The van der Waals surface area contributed by atoms with Crippen LogP contribution >= 0.6 is 11.6 Å². The maximum Gasteiger partial charge on any atom is 0.145 e. The monoisotopic (exact) mass is 423 g/mol. The highest BCUT2D eigenvalue weighted by molar-refractivity contribution is 6.32. The van der Waals surface area contributed by atoms with Crippen LogP contribution in [0.4, 0.5) is 11.4 Å². The molecule has 2 aromatic carbocycles. The Kier molecular flexibility index (Phi) is 4.55. The third kappa shape index (κ3) is 3.15. The third-order valence-corrected chi connectivity index (χ3v) is 5.99. The molecule has 1 saturated heterocycles. The van der Waals surface area contributed by atoms with Crippen LogP contribution in [0.5, 0.6) is 5.75 Å². The van der Waals surface area contributed by atoms with E-state index in [4.69, 9.17) is 17.0 Å². The van der Waals surface area contributed by atoms with Gasteiger partial charge in [0.15, 0.2) is 0 Å². The van der Waals surface area contributed by atoms with Crippen LogP contribution in [0.3, 0.4) is 0 Å². The summed E-state index contributed by atoms with van der Waals surface area (Å²) in [5.41, 5.74) is 3.50. The second-order valence-electron chi connectivity index (χ2n) is 7.72. The molecule has 7 nitrogen and oxygen atoms in total. The minimum Gasteiger partial charge on any atom is -0.509 e. The zero-order valence-electron chi connectivity index (χ0n) is 16.3. The summed E-state index contributed by atoms with van der Waals surface area (Å²) in [6.45, 7) is 2.18. The number of nitrogens with zero attached hydrogens (tertiary/aromatic N) is 3. The lowest BCUT2D eigenvalue weighted by atomic mass is 10.1. The number of aliphatic hydroxyl groups excluding tert-OH is 1. The van der Waals surface area contributed by atoms with Crippen LogP contribution < -0.4 is 9.80 Å². The van der Waals surface area contributed by atoms with Crippen molar-refractivity contribution >= 4 is 45.4 Å². The molecule has 0 spiro atoms. The van der Waals surface area contributed by atoms with Gasteiger partial charge in [-0.2, -0.15) is 0 Å². The molecule has 0 atom stereocenters. The van der Waals surface area contributed by atoms with Gasteiger partial charge in [0.2, 0.25) is 0 Å². The highest BCUT2D eigenvalue weighted by Crippen LogP contribution is 2.37. The number of phenols is 1. The van der Waals surface area contributed by atoms with E-state index in [-0.39, 0.29) is 23.9 Å². The van der Waals surface area contributed by atoms with Crippen molar-refractivity contribution in [3.63, 3.8) is 0 Å². The Morgan fingerprint density at radius 3 is 2.63 bits per heavy atom. The summed E-state index contributed by atoms with van der Waals surface area (Å²) in [4.78, 5) is 11.8. The number of anilines is 2. The highest BCUT2D eigenvalue weighted by atomic mass is 35.5. The van der Waals surface area contributed by atoms with Crippen molar-refractivity contribution in [1.82, 2.24) is 9.97 Å². The van der Waals surface area contributed by atoms with E-state index in [1.165, 1.54) is 30.2 Å². The van der Waals surface area contributed by atoms with Gasteiger partial charge in [0.1, 0.15) is 23.2 Å². The van der Waals surface area contributed by atoms with Gasteiger partial charge in [-0.25, -0.2) is 4.98 Å². The molecule has 0 unspecified atom stereocenters. The number of benzene rings is 2. The number of aromatic amines is 1. The molecule has 2 aliphatic rings. The van der Waals surface area contributed by atoms with Crippen LogP contribution in [0, 0.1) is 5.41 Å². The number of phenolic OH excluding ortho intramolecular Hbond substituents is 1. The molecule has 2 aliphatic heterocycles. The molecule has 8 heteroatoms. The number of nitrogens with one attached hydrogen (secondary N) is 2. The van der Waals surface area contributed by atoms with Crippen molar-refractivity contribution < 1.29 is 10.2 Å². The van der Waals surface area contributed by atoms with E-state index in [1.54, 1.807) is 12.1 Å². The Morgan fingerprint density at radius 2 is 1.83 bits per heavy atom. The first-order valence-corrected chi connectivity index (χ1v) is 10.4. The molecule has 0 aliphatic carbocycles. The second-order valence-corrected chi connectivity index (χ2v) is 8.16. The predicted octanol–water partition coefficient (Wildman–Crippen LogP) is 4.68. The summed E-state index contributed by atoms with van der Waals surface area (Å²) in [5.74, 6) is 0.511. The second kappa shape index (κ2) is 7.25. The van der Waals surface area contributed by atoms with Gasteiger partial charge < -0.3 is 25.0 Å². The molecule has 0 bridgehead atoms. The zero-order chi connectivity index (χ0) is 20.8. The number of aromatic hydroxyl groups is 1. The summed E-state index contributed by atoms with van der Waals surface area (Å²) in [7, 11) is 0. The zero-order valence-corrected chi connectivity index (χ0v) is 17.1. The summed E-state index contributed by atoms with van der Waals surface area (Å²) >= 11 is 6.06. The van der Waals surface area contributed by atoms with Gasteiger partial charge in [-0.05, 0) is 55.7 Å². The summed E-state index contributed by atoms with van der Waals surface area (Å²) in [5, 5.41) is 29.8. The fraction of sp³-hybridized carbons (Fsp3) is 0.273. The number of amidine groups is 1. The quantitative estimate of drug-likeness (QED) is 0.490. The fourth-order valence-corrected chi connectivity index (χ4v) is 4.38. The first-order valence-electron chi connectivity index (χ1n) is 10.0. The molecule has 3 heterocycles. The van der Waals surface area contributed by atoms with Crippen molar-refractivity contribution in [2.75, 3.05) is 29.4 Å². The molecule has 1 aromatic heterocycles. The smallest absolute Gasteiger partial charge is 0.145 e. The van der Waals surface area contributed by atoms with E-state index in [0.717, 1.165) is 29.8 Å². The minimum atomic E-state index is -0.00557. The first kappa shape index (κ1) is 18.8. The van der Waals surface area contributed by atoms with Gasteiger partial charge in [-0.15, -0.1) is 0 Å². The molecule has 1 fully saturated rings. The van der Waals surface area contributed by atoms with Gasteiger partial charge in [0.25, 0.3) is 0 Å². The number of halogens is 1. The molecule has 154 valence electrons. The third-order valence-electron chi connectivity index (χ3n) is 5.75. The van der Waals surface area contributed by atoms with Crippen LogP contribution in [0.1, 0.15) is 25.1 Å². The Labute approximate surface area is 178 Å². The standard InChI is InChI=1S/C22H22ClN5O2/c23-13-4-7-18(29)17(10-13)28-12-19(30)20(21(28)24)22-25-15-6-5-14(11-16(15)26-22)27-8-2-1-3-9-27/h4-7,10-11,24,29-30H,1-3,8-9,12H2,(H,25,26). The number of fused-ring (bicyclic) bond motifs is 1. The predicted molar refractivity (Wildman–Crippen MR) is 120 cm³/mol. The molecular formula is C22H22ClN5O2. The number of aromatic nitrogens is 2. The molecule has 0 saturated carbocycles. The molecule has 3 aromatic rings. The van der Waals surface area contributed by atoms with Crippen LogP contribution in [-0.2, 0) is 0 Å². The van der Waals surface area contributed by atoms with Gasteiger partial charge in [-0.1, -0.05) is 11.6 Å². The molecule has 0 radical (unpaired) electrons. The van der Waals surface area contributed by atoms with Crippen LogP contribution in [0.2, 0.25) is 5.02 Å². The largest absolute Gasteiger partial charge is 0.509 e. The van der Waals surface area contributed by atoms with Gasteiger partial charge in [0.05, 0.1) is 28.8 Å². The fourth-order valence-electron chi connectivity index (χ4n) is 4.21. The number of rotatable bonds is 3. The molecule has 30 heavy (non-hydrogen) atoms. The number of hydrogen-bond donors (Lipinski definition) is 4. The van der Waals surface area contributed by atoms with Gasteiger partial charge in [-0.3, -0.25) is 5.41 Å². The van der Waals surface area contributed by atoms with E-state index < -0.39 is 0 Å². The maximum atomic E-state index is 10.6. The average Bonchev–Trinajstić information content (AvgIpc) is 3.29. The molecule has 0 amide bonds. The Hall–Kier alpha value is -3.19. The van der Waals surface area contributed by atoms with Crippen molar-refractivity contribution in [2.24, 2.45) is 0 Å².